The third-order valence-electron chi connectivity index (χ3n) is 5.77. The van der Waals surface area contributed by atoms with Gasteiger partial charge in [-0.25, -0.2) is 14.6 Å². The van der Waals surface area contributed by atoms with Crippen LogP contribution >= 0.6 is 0 Å². The molecule has 0 aromatic carbocycles. The minimum absolute atomic E-state index is 0.0295. The molecule has 0 N–H and O–H groups in total. The van der Waals surface area contributed by atoms with Gasteiger partial charge in [0.05, 0.1) is 31.3 Å². The number of ether oxygens (including phenoxy) is 1. The first kappa shape index (κ1) is 22.5. The van der Waals surface area contributed by atoms with Crippen molar-refractivity contribution in [2.45, 2.75) is 38.8 Å². The first-order chi connectivity index (χ1) is 17.2. The van der Waals surface area contributed by atoms with Gasteiger partial charge in [-0.2, -0.15) is 15.3 Å². The van der Waals surface area contributed by atoms with Crippen LogP contribution in [0.3, 0.4) is 0 Å². The van der Waals surface area contributed by atoms with Crippen LogP contribution in [0.2, 0.25) is 0 Å². The highest BCUT2D eigenvalue weighted by molar-refractivity contribution is 5.30. The van der Waals surface area contributed by atoms with E-state index < -0.39 is 0 Å². The summed E-state index contributed by atoms with van der Waals surface area (Å²) in [6.45, 7) is 3.94. The normalized spacial score (nSPS) is 15.2. The molecule has 4 aromatic heterocycles. The number of nitrogens with zero attached hydrogens (tertiary/aromatic N) is 8. The summed E-state index contributed by atoms with van der Waals surface area (Å²) in [5, 5.41) is 13.0. The van der Waals surface area contributed by atoms with Gasteiger partial charge in [0.2, 0.25) is 5.43 Å². The maximum Gasteiger partial charge on any atom is 0.203 e. The topological polar surface area (TPSA) is 106 Å². The lowest BCUT2D eigenvalue weighted by molar-refractivity contribution is 0.288. The van der Waals surface area contributed by atoms with Gasteiger partial charge >= 0.3 is 0 Å². The Bertz CT molecular complexity index is 1380. The van der Waals surface area contributed by atoms with Gasteiger partial charge in [0.25, 0.3) is 0 Å². The maximum atomic E-state index is 12.5. The van der Waals surface area contributed by atoms with Crippen molar-refractivity contribution >= 4 is 0 Å². The Kier molecular flexibility index (Phi) is 6.60. The Morgan fingerprint density at radius 1 is 1.11 bits per heavy atom. The zero-order valence-corrected chi connectivity index (χ0v) is 19.4. The molecular weight excluding hydrogens is 444 g/mol. The minimum Gasteiger partial charge on any atom is -0.488 e. The van der Waals surface area contributed by atoms with Gasteiger partial charge in [0.15, 0.2) is 5.75 Å². The molecule has 10 nitrogen and oxygen atoms in total. The molecule has 0 saturated carbocycles. The fourth-order valence-corrected chi connectivity index (χ4v) is 3.91. The van der Waals surface area contributed by atoms with Crippen LogP contribution in [-0.4, -0.2) is 45.9 Å². The van der Waals surface area contributed by atoms with Crippen molar-refractivity contribution < 1.29 is 4.74 Å². The van der Waals surface area contributed by atoms with Crippen molar-refractivity contribution in [2.24, 2.45) is 0 Å². The van der Waals surface area contributed by atoms with E-state index in [2.05, 4.69) is 31.3 Å². The number of aryl methyl sites for hydroxylation is 1. The van der Waals surface area contributed by atoms with E-state index in [4.69, 9.17) is 4.74 Å². The van der Waals surface area contributed by atoms with Crippen molar-refractivity contribution in [3.05, 3.63) is 101 Å². The van der Waals surface area contributed by atoms with E-state index in [-0.39, 0.29) is 11.3 Å². The third kappa shape index (κ3) is 5.43. The number of rotatable bonds is 9. The predicted octanol–water partition coefficient (Wildman–Crippen LogP) is 2.73. The van der Waals surface area contributed by atoms with Gasteiger partial charge < -0.3 is 4.74 Å². The van der Waals surface area contributed by atoms with Crippen molar-refractivity contribution in [1.82, 2.24) is 39.3 Å². The molecule has 5 rings (SSSR count). The van der Waals surface area contributed by atoms with Crippen molar-refractivity contribution in [2.75, 3.05) is 6.61 Å². The average molecular weight is 471 g/mol. The number of hydrogen-bond donors (Lipinski definition) is 0. The third-order valence-corrected chi connectivity index (χ3v) is 5.77. The summed E-state index contributed by atoms with van der Waals surface area (Å²) >= 11 is 0. The van der Waals surface area contributed by atoms with Gasteiger partial charge in [-0.05, 0) is 19.4 Å². The fraction of sp³-hybridized carbons (Fsp3) is 0.280. The second kappa shape index (κ2) is 10.3. The zero-order chi connectivity index (χ0) is 24.0. The Morgan fingerprint density at radius 3 is 2.77 bits per heavy atom. The first-order valence-corrected chi connectivity index (χ1v) is 11.6. The molecule has 0 bridgehead atoms. The molecule has 4 aromatic rings. The SMILES string of the molecule is CCn1cc(-n2ccc(=O)c(CC3=CC=CC(c4ncc(OCCn5cccn5)cn4)C3)n2)cn1. The van der Waals surface area contributed by atoms with E-state index in [1.807, 2.05) is 46.9 Å². The number of aromatic nitrogens is 8. The molecule has 0 spiro atoms. The van der Waals surface area contributed by atoms with E-state index in [1.54, 1.807) is 41.7 Å². The van der Waals surface area contributed by atoms with Gasteiger partial charge in [0, 0.05) is 43.5 Å². The molecule has 1 aliphatic rings. The molecule has 1 aliphatic carbocycles. The fourth-order valence-electron chi connectivity index (χ4n) is 3.91. The lowest BCUT2D eigenvalue weighted by Crippen LogP contribution is -2.17. The average Bonchev–Trinajstić information content (AvgIpc) is 3.58. The van der Waals surface area contributed by atoms with Crippen LogP contribution in [-0.2, 0) is 19.5 Å². The lowest BCUT2D eigenvalue weighted by Gasteiger charge is -2.17. The molecule has 0 fully saturated rings. The van der Waals surface area contributed by atoms with E-state index in [9.17, 15) is 4.79 Å². The molecule has 178 valence electrons. The molecule has 0 radical (unpaired) electrons. The van der Waals surface area contributed by atoms with Crippen LogP contribution in [0.5, 0.6) is 5.75 Å². The van der Waals surface area contributed by atoms with Crippen molar-refractivity contribution in [3.8, 4) is 11.4 Å². The summed E-state index contributed by atoms with van der Waals surface area (Å²) in [4.78, 5) is 21.5. The standard InChI is InChI=1S/C25H26N8O2/c1-2-31-18-21(15-29-31)33-10-7-24(34)23(30-33)14-19-5-3-6-20(13-19)25-26-16-22(17-27-25)35-12-11-32-9-4-8-28-32/h3-10,15-18,20H,2,11-14H2,1H3. The Morgan fingerprint density at radius 2 is 2.00 bits per heavy atom. The maximum absolute atomic E-state index is 12.5. The Balaban J connectivity index is 1.22. The second-order valence-electron chi connectivity index (χ2n) is 8.22. The highest BCUT2D eigenvalue weighted by Gasteiger charge is 2.18. The molecular formula is C25H26N8O2. The summed E-state index contributed by atoms with van der Waals surface area (Å²) in [7, 11) is 0. The first-order valence-electron chi connectivity index (χ1n) is 11.6. The Hall–Kier alpha value is -4.34. The van der Waals surface area contributed by atoms with Gasteiger partial charge in [-0.1, -0.05) is 23.8 Å². The van der Waals surface area contributed by atoms with E-state index in [0.29, 0.717) is 31.0 Å². The minimum atomic E-state index is -0.0796. The van der Waals surface area contributed by atoms with Crippen LogP contribution in [0.25, 0.3) is 5.69 Å². The largest absolute Gasteiger partial charge is 0.488 e. The summed E-state index contributed by atoms with van der Waals surface area (Å²) in [5.74, 6) is 1.37. The molecule has 35 heavy (non-hydrogen) atoms. The van der Waals surface area contributed by atoms with Gasteiger partial charge in [0.1, 0.15) is 23.8 Å². The molecule has 1 unspecified atom stereocenters. The van der Waals surface area contributed by atoms with Crippen LogP contribution in [0.1, 0.15) is 30.8 Å². The molecule has 0 saturated heterocycles. The highest BCUT2D eigenvalue weighted by Crippen LogP contribution is 2.28. The Labute approximate surface area is 202 Å². The summed E-state index contributed by atoms with van der Waals surface area (Å²) in [6.07, 6.45) is 19.7. The van der Waals surface area contributed by atoms with Gasteiger partial charge in [-0.3, -0.25) is 14.2 Å². The highest BCUT2D eigenvalue weighted by atomic mass is 16.5. The van der Waals surface area contributed by atoms with Gasteiger partial charge in [-0.15, -0.1) is 0 Å². The van der Waals surface area contributed by atoms with Crippen molar-refractivity contribution in [3.63, 3.8) is 0 Å². The van der Waals surface area contributed by atoms with E-state index in [0.717, 1.165) is 30.1 Å². The van der Waals surface area contributed by atoms with Crippen LogP contribution in [0.15, 0.2) is 84.1 Å². The smallest absolute Gasteiger partial charge is 0.203 e. The lowest BCUT2D eigenvalue weighted by atomic mass is 9.91. The number of hydrogen-bond acceptors (Lipinski definition) is 7. The molecule has 0 amide bonds. The molecule has 1 atom stereocenters. The number of allylic oxidation sites excluding steroid dienone is 4. The van der Waals surface area contributed by atoms with E-state index in [1.165, 1.54) is 0 Å². The monoisotopic (exact) mass is 470 g/mol. The van der Waals surface area contributed by atoms with Crippen LogP contribution in [0, 0.1) is 0 Å². The molecule has 10 heteroatoms. The predicted molar refractivity (Wildman–Crippen MR) is 129 cm³/mol. The zero-order valence-electron chi connectivity index (χ0n) is 19.4. The summed E-state index contributed by atoms with van der Waals surface area (Å²) < 4.78 is 11.1. The quantitative estimate of drug-likeness (QED) is 0.370. The summed E-state index contributed by atoms with van der Waals surface area (Å²) in [6, 6.07) is 3.43. The summed E-state index contributed by atoms with van der Waals surface area (Å²) in [5.41, 5.74) is 2.35. The molecule has 0 aliphatic heterocycles. The van der Waals surface area contributed by atoms with Crippen LogP contribution in [0.4, 0.5) is 0 Å². The van der Waals surface area contributed by atoms with Crippen LogP contribution < -0.4 is 10.2 Å². The second-order valence-corrected chi connectivity index (χ2v) is 8.22. The van der Waals surface area contributed by atoms with Crippen molar-refractivity contribution in [1.29, 1.82) is 0 Å². The molecule has 4 heterocycles. The van der Waals surface area contributed by atoms with E-state index >= 15 is 0 Å².